The van der Waals surface area contributed by atoms with Gasteiger partial charge in [-0.25, -0.2) is 9.98 Å². The summed E-state index contributed by atoms with van der Waals surface area (Å²) in [5.41, 5.74) is -0.187. The van der Waals surface area contributed by atoms with Gasteiger partial charge in [0.05, 0.1) is 18.7 Å². The van der Waals surface area contributed by atoms with Crippen molar-refractivity contribution < 1.29 is 13.2 Å². The standard InChI is InChI=1S/C15H19F3N6/c1-3-19-14(21-9-13-22-10-23-24(13)2)20-8-11-5-4-6-12(7-11)15(16,17)18/h4-7,10H,3,8-9H2,1-2H3,(H2,19,20,21). The zero-order valence-electron chi connectivity index (χ0n) is 13.4. The molecule has 0 atom stereocenters. The smallest absolute Gasteiger partial charge is 0.357 e. The Bertz CT molecular complexity index is 693. The Labute approximate surface area is 137 Å². The summed E-state index contributed by atoms with van der Waals surface area (Å²) in [5, 5.41) is 10.1. The zero-order chi connectivity index (χ0) is 17.6. The first-order chi connectivity index (χ1) is 11.4. The van der Waals surface area contributed by atoms with Crippen LogP contribution in [-0.4, -0.2) is 27.3 Å². The van der Waals surface area contributed by atoms with Crippen LogP contribution < -0.4 is 10.6 Å². The number of aromatic nitrogens is 3. The van der Waals surface area contributed by atoms with Crippen LogP contribution in [0.5, 0.6) is 0 Å². The SMILES string of the molecule is CCNC(=NCc1cccc(C(F)(F)F)c1)NCc1ncnn1C. The first-order valence-corrected chi connectivity index (χ1v) is 7.41. The number of halogens is 3. The van der Waals surface area contributed by atoms with Crippen molar-refractivity contribution >= 4 is 5.96 Å². The highest BCUT2D eigenvalue weighted by Crippen LogP contribution is 2.29. The summed E-state index contributed by atoms with van der Waals surface area (Å²) in [6.07, 6.45) is -2.91. The van der Waals surface area contributed by atoms with E-state index in [0.29, 0.717) is 24.6 Å². The van der Waals surface area contributed by atoms with Crippen molar-refractivity contribution in [1.29, 1.82) is 0 Å². The maximum absolute atomic E-state index is 12.7. The predicted molar refractivity (Wildman–Crippen MR) is 84.1 cm³/mol. The lowest BCUT2D eigenvalue weighted by Gasteiger charge is -2.11. The molecule has 1 heterocycles. The molecule has 0 spiro atoms. The van der Waals surface area contributed by atoms with Gasteiger partial charge >= 0.3 is 6.18 Å². The van der Waals surface area contributed by atoms with Crippen molar-refractivity contribution in [2.24, 2.45) is 12.0 Å². The van der Waals surface area contributed by atoms with E-state index in [2.05, 4.69) is 25.7 Å². The molecule has 2 aromatic rings. The Morgan fingerprint density at radius 2 is 2.08 bits per heavy atom. The maximum atomic E-state index is 12.7. The van der Waals surface area contributed by atoms with Gasteiger partial charge in [-0.3, -0.25) is 4.68 Å². The molecule has 9 heteroatoms. The van der Waals surface area contributed by atoms with Crippen molar-refractivity contribution in [3.05, 3.63) is 47.5 Å². The van der Waals surface area contributed by atoms with E-state index >= 15 is 0 Å². The lowest BCUT2D eigenvalue weighted by atomic mass is 10.1. The molecule has 0 aliphatic rings. The van der Waals surface area contributed by atoms with E-state index in [9.17, 15) is 13.2 Å². The number of aryl methyl sites for hydroxylation is 1. The molecule has 2 N–H and O–H groups in total. The Hall–Kier alpha value is -2.58. The van der Waals surface area contributed by atoms with E-state index in [0.717, 1.165) is 18.0 Å². The van der Waals surface area contributed by atoms with Crippen LogP contribution in [0.1, 0.15) is 23.9 Å². The fourth-order valence-corrected chi connectivity index (χ4v) is 2.00. The molecule has 0 amide bonds. The van der Waals surface area contributed by atoms with Crippen molar-refractivity contribution in [1.82, 2.24) is 25.4 Å². The van der Waals surface area contributed by atoms with Crippen LogP contribution in [0.4, 0.5) is 13.2 Å². The predicted octanol–water partition coefficient (Wildman–Crippen LogP) is 2.09. The molecular weight excluding hydrogens is 321 g/mol. The summed E-state index contributed by atoms with van der Waals surface area (Å²) >= 11 is 0. The fourth-order valence-electron chi connectivity index (χ4n) is 2.00. The van der Waals surface area contributed by atoms with Gasteiger partial charge in [0.1, 0.15) is 12.2 Å². The Balaban J connectivity index is 2.04. The molecule has 130 valence electrons. The second kappa shape index (κ2) is 7.80. The number of nitrogens with one attached hydrogen (secondary N) is 2. The van der Waals surface area contributed by atoms with Gasteiger partial charge in [-0.05, 0) is 24.6 Å². The van der Waals surface area contributed by atoms with Gasteiger partial charge in [0, 0.05) is 13.6 Å². The molecule has 0 aliphatic carbocycles. The molecule has 0 bridgehead atoms. The molecule has 0 saturated heterocycles. The maximum Gasteiger partial charge on any atom is 0.416 e. The Kier molecular flexibility index (Phi) is 5.78. The Morgan fingerprint density at radius 3 is 2.71 bits per heavy atom. The summed E-state index contributed by atoms with van der Waals surface area (Å²) in [4.78, 5) is 8.39. The number of nitrogens with zero attached hydrogens (tertiary/aromatic N) is 4. The normalized spacial score (nSPS) is 12.3. The third-order valence-electron chi connectivity index (χ3n) is 3.24. The van der Waals surface area contributed by atoms with E-state index < -0.39 is 11.7 Å². The lowest BCUT2D eigenvalue weighted by molar-refractivity contribution is -0.137. The minimum absolute atomic E-state index is 0.137. The van der Waals surface area contributed by atoms with E-state index in [4.69, 9.17) is 0 Å². The molecule has 24 heavy (non-hydrogen) atoms. The number of rotatable bonds is 5. The molecule has 6 nitrogen and oxygen atoms in total. The van der Waals surface area contributed by atoms with Crippen LogP contribution in [0.25, 0.3) is 0 Å². The minimum atomic E-state index is -4.35. The molecular formula is C15H19F3N6. The van der Waals surface area contributed by atoms with Crippen LogP contribution in [0, 0.1) is 0 Å². The van der Waals surface area contributed by atoms with Gasteiger partial charge in [-0.15, -0.1) is 0 Å². The summed E-state index contributed by atoms with van der Waals surface area (Å²) in [5.74, 6) is 1.22. The molecule has 2 rings (SSSR count). The third kappa shape index (κ3) is 4.97. The van der Waals surface area contributed by atoms with E-state index in [-0.39, 0.29) is 6.54 Å². The van der Waals surface area contributed by atoms with Crippen molar-refractivity contribution in [3.8, 4) is 0 Å². The average Bonchev–Trinajstić information content (AvgIpc) is 2.95. The summed E-state index contributed by atoms with van der Waals surface area (Å²) < 4.78 is 39.8. The van der Waals surface area contributed by atoms with Gasteiger partial charge in [-0.2, -0.15) is 18.3 Å². The van der Waals surface area contributed by atoms with Crippen molar-refractivity contribution in [2.45, 2.75) is 26.2 Å². The highest BCUT2D eigenvalue weighted by Gasteiger charge is 2.30. The average molecular weight is 340 g/mol. The fraction of sp³-hybridized carbons (Fsp3) is 0.400. The second-order valence-electron chi connectivity index (χ2n) is 5.05. The number of hydrogen-bond donors (Lipinski definition) is 2. The van der Waals surface area contributed by atoms with Gasteiger partial charge in [0.15, 0.2) is 5.96 Å². The zero-order valence-corrected chi connectivity index (χ0v) is 13.4. The number of benzene rings is 1. The van der Waals surface area contributed by atoms with Gasteiger partial charge in [0.25, 0.3) is 0 Å². The molecule has 0 saturated carbocycles. The molecule has 0 fully saturated rings. The number of hydrogen-bond acceptors (Lipinski definition) is 3. The highest BCUT2D eigenvalue weighted by molar-refractivity contribution is 5.79. The van der Waals surface area contributed by atoms with Gasteiger partial charge in [0.2, 0.25) is 0 Å². The Morgan fingerprint density at radius 1 is 1.29 bits per heavy atom. The lowest BCUT2D eigenvalue weighted by Crippen LogP contribution is -2.37. The van der Waals surface area contributed by atoms with Crippen LogP contribution in [0.15, 0.2) is 35.6 Å². The monoisotopic (exact) mass is 340 g/mol. The molecule has 1 aromatic heterocycles. The van der Waals surface area contributed by atoms with Crippen LogP contribution in [-0.2, 0) is 26.3 Å². The topological polar surface area (TPSA) is 67.1 Å². The van der Waals surface area contributed by atoms with E-state index in [1.807, 2.05) is 6.92 Å². The molecule has 0 unspecified atom stereocenters. The quantitative estimate of drug-likeness (QED) is 0.646. The first kappa shape index (κ1) is 17.8. The summed E-state index contributed by atoms with van der Waals surface area (Å²) in [7, 11) is 1.77. The number of guanidine groups is 1. The largest absolute Gasteiger partial charge is 0.416 e. The van der Waals surface area contributed by atoms with Crippen molar-refractivity contribution in [2.75, 3.05) is 6.54 Å². The second-order valence-corrected chi connectivity index (χ2v) is 5.05. The summed E-state index contributed by atoms with van der Waals surface area (Å²) in [6, 6.07) is 5.15. The molecule has 0 radical (unpaired) electrons. The summed E-state index contributed by atoms with van der Waals surface area (Å²) in [6.45, 7) is 3.08. The van der Waals surface area contributed by atoms with Crippen LogP contribution in [0.3, 0.4) is 0 Å². The van der Waals surface area contributed by atoms with Crippen LogP contribution >= 0.6 is 0 Å². The van der Waals surface area contributed by atoms with Crippen LogP contribution in [0.2, 0.25) is 0 Å². The van der Waals surface area contributed by atoms with E-state index in [1.165, 1.54) is 12.4 Å². The third-order valence-corrected chi connectivity index (χ3v) is 3.24. The number of alkyl halides is 3. The van der Waals surface area contributed by atoms with E-state index in [1.54, 1.807) is 17.8 Å². The highest BCUT2D eigenvalue weighted by atomic mass is 19.4. The van der Waals surface area contributed by atoms with Gasteiger partial charge in [-0.1, -0.05) is 12.1 Å². The number of aliphatic imine (C=N–C) groups is 1. The van der Waals surface area contributed by atoms with Crippen molar-refractivity contribution in [3.63, 3.8) is 0 Å². The molecule has 1 aromatic carbocycles. The minimum Gasteiger partial charge on any atom is -0.357 e. The molecule has 0 aliphatic heterocycles. The first-order valence-electron chi connectivity index (χ1n) is 7.41. The van der Waals surface area contributed by atoms with Gasteiger partial charge < -0.3 is 10.6 Å².